The predicted octanol–water partition coefficient (Wildman–Crippen LogP) is 4.13. The molecule has 2 aliphatic carbocycles. The minimum Gasteiger partial charge on any atom is -0.396 e. The van der Waals surface area contributed by atoms with E-state index in [4.69, 9.17) is 0 Å². The monoisotopic (exact) mass is 278 g/mol. The molecule has 0 spiro atoms. The molecule has 0 amide bonds. The van der Waals surface area contributed by atoms with Crippen molar-refractivity contribution in [1.82, 2.24) is 0 Å². The molecule has 20 heavy (non-hydrogen) atoms. The lowest BCUT2D eigenvalue weighted by molar-refractivity contribution is 0.214. The lowest BCUT2D eigenvalue weighted by Crippen LogP contribution is -2.17. The van der Waals surface area contributed by atoms with Gasteiger partial charge in [-0.15, -0.1) is 0 Å². The van der Waals surface area contributed by atoms with Gasteiger partial charge >= 0.3 is 0 Å². The highest BCUT2D eigenvalue weighted by Crippen LogP contribution is 2.34. The molecule has 0 saturated heterocycles. The van der Waals surface area contributed by atoms with E-state index >= 15 is 0 Å². The highest BCUT2D eigenvalue weighted by atomic mass is 16.3. The van der Waals surface area contributed by atoms with Crippen molar-refractivity contribution >= 4 is 0 Å². The van der Waals surface area contributed by atoms with Gasteiger partial charge in [0.1, 0.15) is 0 Å². The molecule has 2 aliphatic rings. The summed E-state index contributed by atoms with van der Waals surface area (Å²) in [5, 5.41) is 19.5. The molecule has 114 valence electrons. The van der Waals surface area contributed by atoms with Crippen LogP contribution in [0.5, 0.6) is 0 Å². The van der Waals surface area contributed by atoms with E-state index < -0.39 is 0 Å². The maximum absolute atomic E-state index is 9.84. The Morgan fingerprint density at radius 3 is 2.45 bits per heavy atom. The van der Waals surface area contributed by atoms with Crippen molar-refractivity contribution < 1.29 is 10.2 Å². The topological polar surface area (TPSA) is 40.5 Å². The van der Waals surface area contributed by atoms with E-state index in [9.17, 15) is 10.2 Å². The molecule has 1 unspecified atom stereocenters. The molecular weight excluding hydrogens is 248 g/mol. The molecular formula is C18H30O2. The molecule has 0 aromatic heterocycles. The maximum atomic E-state index is 9.84. The van der Waals surface area contributed by atoms with Crippen LogP contribution in [0.1, 0.15) is 70.6 Å². The summed E-state index contributed by atoms with van der Waals surface area (Å²) in [6.07, 6.45) is 15.8. The molecule has 2 N–H and O–H groups in total. The van der Waals surface area contributed by atoms with Crippen LogP contribution in [0.15, 0.2) is 22.8 Å². The molecule has 0 aromatic carbocycles. The van der Waals surface area contributed by atoms with Gasteiger partial charge in [-0.05, 0) is 61.7 Å². The third-order valence-corrected chi connectivity index (χ3v) is 4.93. The van der Waals surface area contributed by atoms with E-state index in [0.717, 1.165) is 24.8 Å². The Balaban J connectivity index is 2.29. The van der Waals surface area contributed by atoms with Crippen molar-refractivity contribution in [3.05, 3.63) is 22.8 Å². The minimum absolute atomic E-state index is 0.123. The van der Waals surface area contributed by atoms with E-state index in [-0.39, 0.29) is 19.1 Å². The second-order valence-corrected chi connectivity index (χ2v) is 6.32. The zero-order chi connectivity index (χ0) is 14.2. The summed E-state index contributed by atoms with van der Waals surface area (Å²) in [6, 6.07) is 0. The van der Waals surface area contributed by atoms with Crippen LogP contribution in [0.4, 0.5) is 0 Å². The van der Waals surface area contributed by atoms with Gasteiger partial charge in [0.2, 0.25) is 0 Å². The lowest BCUT2D eigenvalue weighted by atomic mass is 9.81. The van der Waals surface area contributed by atoms with Gasteiger partial charge in [0.05, 0.1) is 6.61 Å². The largest absolute Gasteiger partial charge is 0.396 e. The summed E-state index contributed by atoms with van der Waals surface area (Å²) in [5.74, 6) is 0.182. The van der Waals surface area contributed by atoms with Gasteiger partial charge in [-0.25, -0.2) is 0 Å². The molecule has 0 aliphatic heterocycles. The van der Waals surface area contributed by atoms with Crippen LogP contribution in [-0.4, -0.2) is 23.4 Å². The van der Waals surface area contributed by atoms with Gasteiger partial charge in [0.25, 0.3) is 0 Å². The molecule has 0 aromatic rings. The van der Waals surface area contributed by atoms with E-state index in [1.165, 1.54) is 62.5 Å². The predicted molar refractivity (Wildman–Crippen MR) is 83.6 cm³/mol. The molecule has 0 bridgehead atoms. The Morgan fingerprint density at radius 1 is 0.900 bits per heavy atom. The van der Waals surface area contributed by atoms with Crippen LogP contribution in [0.3, 0.4) is 0 Å². The van der Waals surface area contributed by atoms with E-state index in [0.29, 0.717) is 0 Å². The third kappa shape index (κ3) is 4.20. The summed E-state index contributed by atoms with van der Waals surface area (Å²) in [4.78, 5) is 0. The van der Waals surface area contributed by atoms with Gasteiger partial charge in [-0.1, -0.05) is 31.8 Å². The van der Waals surface area contributed by atoms with Crippen molar-refractivity contribution in [3.63, 3.8) is 0 Å². The molecule has 2 heteroatoms. The van der Waals surface area contributed by atoms with Crippen molar-refractivity contribution in [3.8, 4) is 0 Å². The SMILES string of the molecule is OC/C1=C(\C2=C/CCCCCC2)CCCCCC1CO. The summed E-state index contributed by atoms with van der Waals surface area (Å²) in [6.45, 7) is 0.310. The third-order valence-electron chi connectivity index (χ3n) is 4.93. The average molecular weight is 278 g/mol. The molecule has 0 radical (unpaired) electrons. The molecule has 1 atom stereocenters. The van der Waals surface area contributed by atoms with E-state index in [1.807, 2.05) is 0 Å². The standard InChI is InChI=1S/C18H30O2/c19-13-16-11-7-4-8-12-17(18(16)14-20)15-9-5-2-1-3-6-10-15/h9,16,19-20H,1-8,10-14H2/b15-9-,18-17+. The Kier molecular flexibility index (Phi) is 6.81. The fourth-order valence-corrected chi connectivity index (χ4v) is 3.71. The molecule has 0 fully saturated rings. The first kappa shape index (κ1) is 15.8. The molecule has 0 saturated carbocycles. The zero-order valence-corrected chi connectivity index (χ0v) is 12.7. The molecule has 2 rings (SSSR count). The molecule has 2 nitrogen and oxygen atoms in total. The van der Waals surface area contributed by atoms with Crippen LogP contribution in [-0.2, 0) is 0 Å². The lowest BCUT2D eigenvalue weighted by Gasteiger charge is -2.26. The van der Waals surface area contributed by atoms with Crippen LogP contribution in [0.25, 0.3) is 0 Å². The fraction of sp³-hybridized carbons (Fsp3) is 0.778. The highest BCUT2D eigenvalue weighted by molar-refractivity contribution is 5.37. The van der Waals surface area contributed by atoms with Crippen LogP contribution < -0.4 is 0 Å². The van der Waals surface area contributed by atoms with Gasteiger partial charge in [-0.2, -0.15) is 0 Å². The van der Waals surface area contributed by atoms with Crippen molar-refractivity contribution in [2.45, 2.75) is 70.6 Å². The normalized spacial score (nSPS) is 32.5. The van der Waals surface area contributed by atoms with E-state index in [2.05, 4.69) is 6.08 Å². The van der Waals surface area contributed by atoms with Gasteiger partial charge in [0, 0.05) is 12.5 Å². The van der Waals surface area contributed by atoms with Crippen molar-refractivity contribution in [1.29, 1.82) is 0 Å². The first-order valence-corrected chi connectivity index (χ1v) is 8.50. The van der Waals surface area contributed by atoms with Crippen LogP contribution in [0.2, 0.25) is 0 Å². The Hall–Kier alpha value is -0.600. The Bertz CT molecular complexity index is 354. The Labute approximate surface area is 123 Å². The fourth-order valence-electron chi connectivity index (χ4n) is 3.71. The first-order chi connectivity index (χ1) is 9.86. The number of hydrogen-bond acceptors (Lipinski definition) is 2. The number of aliphatic hydroxyl groups excluding tert-OH is 2. The van der Waals surface area contributed by atoms with Crippen molar-refractivity contribution in [2.75, 3.05) is 13.2 Å². The highest BCUT2D eigenvalue weighted by Gasteiger charge is 2.21. The quantitative estimate of drug-likeness (QED) is 0.815. The van der Waals surface area contributed by atoms with Crippen molar-refractivity contribution in [2.24, 2.45) is 5.92 Å². The van der Waals surface area contributed by atoms with Gasteiger partial charge < -0.3 is 10.2 Å². The van der Waals surface area contributed by atoms with E-state index in [1.54, 1.807) is 0 Å². The second-order valence-electron chi connectivity index (χ2n) is 6.32. The zero-order valence-electron chi connectivity index (χ0n) is 12.7. The minimum atomic E-state index is 0.123. The summed E-state index contributed by atoms with van der Waals surface area (Å²) < 4.78 is 0. The number of rotatable bonds is 3. The van der Waals surface area contributed by atoms with Crippen LogP contribution >= 0.6 is 0 Å². The Morgan fingerprint density at radius 2 is 1.65 bits per heavy atom. The first-order valence-electron chi connectivity index (χ1n) is 8.50. The molecule has 0 heterocycles. The maximum Gasteiger partial charge on any atom is 0.0651 e. The van der Waals surface area contributed by atoms with Gasteiger partial charge in [-0.3, -0.25) is 0 Å². The van der Waals surface area contributed by atoms with Crippen LogP contribution in [0, 0.1) is 5.92 Å². The summed E-state index contributed by atoms with van der Waals surface area (Å²) >= 11 is 0. The summed E-state index contributed by atoms with van der Waals surface area (Å²) in [7, 11) is 0. The number of allylic oxidation sites excluding steroid dienone is 3. The smallest absolute Gasteiger partial charge is 0.0651 e. The average Bonchev–Trinajstić information content (AvgIpc) is 2.40. The number of hydrogen-bond donors (Lipinski definition) is 2. The number of aliphatic hydroxyl groups is 2. The summed E-state index contributed by atoms with van der Waals surface area (Å²) in [5.41, 5.74) is 4.02. The second kappa shape index (κ2) is 8.63. The van der Waals surface area contributed by atoms with Gasteiger partial charge in [0.15, 0.2) is 0 Å².